The third kappa shape index (κ3) is 6.59. The van der Waals surface area contributed by atoms with Crippen LogP contribution >= 0.6 is 11.3 Å². The number of cyclic esters (lactones) is 1. The molecule has 0 spiro atoms. The van der Waals surface area contributed by atoms with Gasteiger partial charge in [0.1, 0.15) is 11.9 Å². The van der Waals surface area contributed by atoms with E-state index in [4.69, 9.17) is 4.74 Å². The van der Waals surface area contributed by atoms with Crippen LogP contribution in [-0.4, -0.2) is 69.3 Å². The zero-order valence-electron chi connectivity index (χ0n) is 22.2. The molecule has 1 aromatic rings. The molecule has 35 heavy (non-hydrogen) atoms. The molecule has 2 fully saturated rings. The van der Waals surface area contributed by atoms with Crippen LogP contribution in [0, 0.1) is 24.2 Å². The van der Waals surface area contributed by atoms with E-state index >= 15 is 0 Å². The van der Waals surface area contributed by atoms with E-state index in [-0.39, 0.29) is 18.1 Å². The third-order valence-electron chi connectivity index (χ3n) is 8.15. The van der Waals surface area contributed by atoms with E-state index in [0.717, 1.165) is 35.5 Å². The molecule has 2 aliphatic rings. The van der Waals surface area contributed by atoms with Gasteiger partial charge in [0.05, 0.1) is 34.7 Å². The van der Waals surface area contributed by atoms with E-state index in [1.807, 2.05) is 32.2 Å². The summed E-state index contributed by atoms with van der Waals surface area (Å²) in [4.78, 5) is 33.0. The van der Waals surface area contributed by atoms with Crippen LogP contribution in [0.5, 0.6) is 0 Å². The minimum absolute atomic E-state index is 0.0261. The second kappa shape index (κ2) is 11.2. The van der Waals surface area contributed by atoms with Gasteiger partial charge in [0.25, 0.3) is 0 Å². The van der Waals surface area contributed by atoms with Crippen molar-refractivity contribution in [1.29, 1.82) is 0 Å². The van der Waals surface area contributed by atoms with Gasteiger partial charge in [-0.1, -0.05) is 34.1 Å². The maximum atomic E-state index is 13.2. The van der Waals surface area contributed by atoms with Crippen molar-refractivity contribution >= 4 is 29.2 Å². The predicted molar refractivity (Wildman–Crippen MR) is 138 cm³/mol. The molecule has 196 valence electrons. The molecular formula is C27H42N2O5S. The summed E-state index contributed by atoms with van der Waals surface area (Å²) >= 11 is 1.58. The summed E-state index contributed by atoms with van der Waals surface area (Å²) in [5.41, 5.74) is 0.581. The largest absolute Gasteiger partial charge is 0.458 e. The lowest BCUT2D eigenvalue weighted by molar-refractivity contribution is -0.154. The molecule has 0 bridgehead atoms. The molecule has 0 aromatic carbocycles. The fourth-order valence-electron chi connectivity index (χ4n) is 5.35. The van der Waals surface area contributed by atoms with E-state index in [9.17, 15) is 19.8 Å². The number of fused-ring (bicyclic) bond motifs is 1. The Balaban J connectivity index is 1.85. The number of aromatic nitrogens is 1. The molecule has 2 N–H and O–H groups in total. The number of hydrogen-bond donors (Lipinski definition) is 2. The molecular weight excluding hydrogens is 464 g/mol. The van der Waals surface area contributed by atoms with Crippen LogP contribution in [0.2, 0.25) is 0 Å². The second-order valence-electron chi connectivity index (χ2n) is 11.2. The molecule has 8 heteroatoms. The van der Waals surface area contributed by atoms with Crippen molar-refractivity contribution < 1.29 is 24.5 Å². The fraction of sp³-hybridized carbons (Fsp3) is 0.741. The van der Waals surface area contributed by atoms with E-state index in [1.165, 1.54) is 0 Å². The first-order valence-electron chi connectivity index (χ1n) is 12.7. The standard InChI is InChI=1S/C27H42N2O5S/c1-15-9-8-10-20-21(29(20)7)12-22(16(2)11-19-14-35-18(4)28-19)34-24(31)13-23(30)27(5,6)26(33)17(3)25(15)32/h11,14-15,17,20-23,25,30,32H,8-10,12-13H2,1-7H3. The highest BCUT2D eigenvalue weighted by Crippen LogP contribution is 2.38. The predicted octanol–water partition coefficient (Wildman–Crippen LogP) is 4.00. The lowest BCUT2D eigenvalue weighted by Gasteiger charge is -2.34. The van der Waals surface area contributed by atoms with Gasteiger partial charge in [0.15, 0.2) is 0 Å². The highest BCUT2D eigenvalue weighted by Gasteiger charge is 2.46. The summed E-state index contributed by atoms with van der Waals surface area (Å²) in [5, 5.41) is 24.7. The Labute approximate surface area is 213 Å². The summed E-state index contributed by atoms with van der Waals surface area (Å²) in [7, 11) is 2.09. The van der Waals surface area contributed by atoms with Gasteiger partial charge in [-0.2, -0.15) is 0 Å². The number of thiazole rings is 1. The van der Waals surface area contributed by atoms with Crippen molar-refractivity contribution in [2.75, 3.05) is 7.05 Å². The van der Waals surface area contributed by atoms with Crippen LogP contribution in [0.1, 0.15) is 77.4 Å². The van der Waals surface area contributed by atoms with Crippen molar-refractivity contribution in [3.8, 4) is 0 Å². The van der Waals surface area contributed by atoms with Crippen molar-refractivity contribution in [1.82, 2.24) is 9.88 Å². The third-order valence-corrected chi connectivity index (χ3v) is 8.94. The van der Waals surface area contributed by atoms with Crippen molar-refractivity contribution in [2.45, 2.75) is 104 Å². The zero-order valence-corrected chi connectivity index (χ0v) is 23.0. The number of ketones is 1. The Hall–Kier alpha value is -1.61. The van der Waals surface area contributed by atoms with E-state index in [1.54, 1.807) is 32.1 Å². The molecule has 0 aliphatic carbocycles. The van der Waals surface area contributed by atoms with Gasteiger partial charge < -0.3 is 14.9 Å². The molecule has 7 nitrogen and oxygen atoms in total. The maximum absolute atomic E-state index is 13.2. The normalized spacial score (nSPS) is 37.5. The van der Waals surface area contributed by atoms with E-state index < -0.39 is 35.6 Å². The second-order valence-corrected chi connectivity index (χ2v) is 12.2. The number of esters is 1. The smallest absolute Gasteiger partial charge is 0.309 e. The van der Waals surface area contributed by atoms with Gasteiger partial charge in [-0.15, -0.1) is 11.3 Å². The Morgan fingerprint density at radius 1 is 1.23 bits per heavy atom. The summed E-state index contributed by atoms with van der Waals surface area (Å²) in [6.07, 6.45) is 2.72. The van der Waals surface area contributed by atoms with Gasteiger partial charge in [-0.3, -0.25) is 14.5 Å². The molecule has 8 unspecified atom stereocenters. The Morgan fingerprint density at radius 2 is 1.91 bits per heavy atom. The molecule has 8 atom stereocenters. The number of aliphatic hydroxyl groups excluding tert-OH is 2. The number of aliphatic hydroxyl groups is 2. The highest BCUT2D eigenvalue weighted by atomic mass is 32.1. The molecule has 0 amide bonds. The maximum Gasteiger partial charge on any atom is 0.309 e. The number of aryl methyl sites for hydroxylation is 1. The summed E-state index contributed by atoms with van der Waals surface area (Å²) in [6.45, 7) is 10.9. The van der Waals surface area contributed by atoms with Crippen LogP contribution in [-0.2, 0) is 14.3 Å². The molecule has 3 rings (SSSR count). The number of carbonyl (C=O) groups is 2. The van der Waals surface area contributed by atoms with Crippen LogP contribution < -0.4 is 0 Å². The van der Waals surface area contributed by atoms with Crippen LogP contribution in [0.15, 0.2) is 11.0 Å². The molecule has 0 saturated carbocycles. The Bertz CT molecular complexity index is 942. The van der Waals surface area contributed by atoms with Crippen molar-refractivity contribution in [3.63, 3.8) is 0 Å². The monoisotopic (exact) mass is 506 g/mol. The topological polar surface area (TPSA) is 99.7 Å². The number of ether oxygens (including phenoxy) is 1. The van der Waals surface area contributed by atoms with Gasteiger partial charge in [-0.25, -0.2) is 4.98 Å². The molecule has 1 aromatic heterocycles. The number of nitrogens with zero attached hydrogens (tertiary/aromatic N) is 2. The minimum atomic E-state index is -1.21. The summed E-state index contributed by atoms with van der Waals surface area (Å²) < 4.78 is 5.92. The average molecular weight is 507 g/mol. The van der Waals surface area contributed by atoms with E-state index in [2.05, 4.69) is 16.9 Å². The van der Waals surface area contributed by atoms with Gasteiger partial charge in [0.2, 0.25) is 0 Å². The van der Waals surface area contributed by atoms with Crippen LogP contribution in [0.4, 0.5) is 0 Å². The fourth-order valence-corrected chi connectivity index (χ4v) is 5.92. The zero-order chi connectivity index (χ0) is 26.1. The van der Waals surface area contributed by atoms with E-state index in [0.29, 0.717) is 18.5 Å². The summed E-state index contributed by atoms with van der Waals surface area (Å²) in [5.74, 6) is -1.42. The number of rotatable bonds is 2. The first-order valence-corrected chi connectivity index (χ1v) is 13.6. The minimum Gasteiger partial charge on any atom is -0.458 e. The Morgan fingerprint density at radius 3 is 2.54 bits per heavy atom. The quantitative estimate of drug-likeness (QED) is 0.462. The van der Waals surface area contributed by atoms with Crippen molar-refractivity contribution in [3.05, 3.63) is 21.7 Å². The van der Waals surface area contributed by atoms with Crippen LogP contribution in [0.3, 0.4) is 0 Å². The number of Topliss-reactive ketones (excluding diaryl/α,β-unsaturated/α-hetero) is 1. The highest BCUT2D eigenvalue weighted by molar-refractivity contribution is 7.09. The number of likely N-dealkylation sites (N-methyl/N-ethyl adjacent to an activating group) is 1. The molecule has 3 heterocycles. The number of hydrogen-bond acceptors (Lipinski definition) is 8. The van der Waals surface area contributed by atoms with Gasteiger partial charge in [0, 0.05) is 29.8 Å². The van der Waals surface area contributed by atoms with Gasteiger partial charge in [-0.05, 0) is 51.3 Å². The molecule has 2 aliphatic heterocycles. The summed E-state index contributed by atoms with van der Waals surface area (Å²) in [6, 6.07) is 0.717. The Kier molecular flexibility index (Phi) is 8.95. The van der Waals surface area contributed by atoms with Gasteiger partial charge >= 0.3 is 5.97 Å². The SMILES string of the molecule is CC(=Cc1csc(C)n1)C1CC2C(CCCC(C)C(O)C(C)C(=O)C(C)(C)C(O)CC(=O)O1)N2C. The first-order chi connectivity index (χ1) is 16.3. The molecule has 0 radical (unpaired) electrons. The lowest BCUT2D eigenvalue weighted by atomic mass is 9.73. The first kappa shape index (κ1) is 28.0. The average Bonchev–Trinajstić information content (AvgIpc) is 3.18. The van der Waals surface area contributed by atoms with Crippen molar-refractivity contribution in [2.24, 2.45) is 17.3 Å². The number of carbonyl (C=O) groups excluding carboxylic acids is 2. The van der Waals surface area contributed by atoms with Crippen LogP contribution in [0.25, 0.3) is 6.08 Å². The lowest BCUT2D eigenvalue weighted by Crippen LogP contribution is -2.45. The molecule has 2 saturated heterocycles.